The van der Waals surface area contributed by atoms with Crippen molar-refractivity contribution in [3.63, 3.8) is 0 Å². The van der Waals surface area contributed by atoms with E-state index in [1.54, 1.807) is 38.2 Å². The fourth-order valence-electron chi connectivity index (χ4n) is 1.32. The Balaban J connectivity index is 2.56. The molecule has 1 aromatic rings. The Morgan fingerprint density at radius 2 is 2.11 bits per heavy atom. The Morgan fingerprint density at radius 1 is 1.50 bits per heavy atom. The molecule has 1 amide bonds. The maximum absolute atomic E-state index is 11.8. The fraction of sp³-hybridized carbons (Fsp3) is 0.333. The van der Waals surface area contributed by atoms with E-state index < -0.39 is 6.09 Å². The number of carbonyl (C=O) groups is 1. The molecule has 1 unspecified atom stereocenters. The van der Waals surface area contributed by atoms with E-state index in [0.29, 0.717) is 5.75 Å². The zero-order valence-corrected chi connectivity index (χ0v) is 10.4. The van der Waals surface area contributed by atoms with Crippen LogP contribution in [0.25, 0.3) is 0 Å². The molecule has 0 bridgehead atoms. The second-order valence-corrected chi connectivity index (χ2v) is 3.94. The highest BCUT2D eigenvalue weighted by Gasteiger charge is 2.18. The van der Waals surface area contributed by atoms with Crippen LogP contribution in [-0.2, 0) is 0 Å². The minimum Gasteiger partial charge on any atom is -0.410 e. The van der Waals surface area contributed by atoms with Gasteiger partial charge in [0.1, 0.15) is 11.6 Å². The molecule has 0 heterocycles. The number of benzene rings is 1. The van der Waals surface area contributed by atoms with Crippen molar-refractivity contribution in [2.45, 2.75) is 19.4 Å². The van der Waals surface area contributed by atoms with Crippen molar-refractivity contribution >= 4 is 11.9 Å². The van der Waals surface area contributed by atoms with Gasteiger partial charge in [0.25, 0.3) is 0 Å². The number of oxime groups is 1. The second-order valence-electron chi connectivity index (χ2n) is 3.94. The average molecular weight is 251 g/mol. The first kappa shape index (κ1) is 13.8. The number of nitrogens with zero attached hydrogens (tertiary/aromatic N) is 2. The molecule has 1 aromatic carbocycles. The minimum absolute atomic E-state index is 0.0712. The van der Waals surface area contributed by atoms with E-state index in [1.807, 2.05) is 6.07 Å². The van der Waals surface area contributed by atoms with Crippen LogP contribution in [0.2, 0.25) is 0 Å². The number of rotatable bonds is 4. The SMILES string of the molecule is CC(CC(N)=NO)N(C)C(=O)Oc1ccccc1. The molecule has 1 rings (SSSR count). The van der Waals surface area contributed by atoms with E-state index in [-0.39, 0.29) is 18.3 Å². The van der Waals surface area contributed by atoms with Crippen LogP contribution in [0.1, 0.15) is 13.3 Å². The lowest BCUT2D eigenvalue weighted by molar-refractivity contribution is 0.149. The predicted molar refractivity (Wildman–Crippen MR) is 67.7 cm³/mol. The van der Waals surface area contributed by atoms with Gasteiger partial charge in [-0.05, 0) is 19.1 Å². The van der Waals surface area contributed by atoms with Crippen molar-refractivity contribution in [1.29, 1.82) is 0 Å². The fourth-order valence-corrected chi connectivity index (χ4v) is 1.32. The number of ether oxygens (including phenoxy) is 1. The number of nitrogens with two attached hydrogens (primary N) is 1. The van der Waals surface area contributed by atoms with Crippen molar-refractivity contribution in [1.82, 2.24) is 4.90 Å². The molecule has 18 heavy (non-hydrogen) atoms. The molecule has 0 spiro atoms. The smallest absolute Gasteiger partial charge is 0.410 e. The van der Waals surface area contributed by atoms with Crippen molar-refractivity contribution < 1.29 is 14.7 Å². The van der Waals surface area contributed by atoms with Crippen molar-refractivity contribution in [2.24, 2.45) is 10.9 Å². The number of carbonyl (C=O) groups excluding carboxylic acids is 1. The van der Waals surface area contributed by atoms with E-state index >= 15 is 0 Å². The van der Waals surface area contributed by atoms with Crippen LogP contribution in [0.5, 0.6) is 5.75 Å². The van der Waals surface area contributed by atoms with Crippen molar-refractivity contribution in [2.75, 3.05) is 7.05 Å². The van der Waals surface area contributed by atoms with Crippen LogP contribution < -0.4 is 10.5 Å². The number of hydrogen-bond acceptors (Lipinski definition) is 4. The van der Waals surface area contributed by atoms with Gasteiger partial charge in [-0.1, -0.05) is 23.4 Å². The lowest BCUT2D eigenvalue weighted by Crippen LogP contribution is -2.39. The van der Waals surface area contributed by atoms with E-state index in [0.717, 1.165) is 0 Å². The summed E-state index contributed by atoms with van der Waals surface area (Å²) < 4.78 is 5.16. The third-order valence-corrected chi connectivity index (χ3v) is 2.53. The average Bonchev–Trinajstić information content (AvgIpc) is 2.38. The molecule has 0 aromatic heterocycles. The normalized spacial score (nSPS) is 12.9. The van der Waals surface area contributed by atoms with Gasteiger partial charge in [-0.25, -0.2) is 4.79 Å². The van der Waals surface area contributed by atoms with Gasteiger partial charge in [-0.3, -0.25) is 0 Å². The van der Waals surface area contributed by atoms with Crippen LogP contribution in [0.3, 0.4) is 0 Å². The Kier molecular flexibility index (Phi) is 4.98. The highest BCUT2D eigenvalue weighted by atomic mass is 16.6. The monoisotopic (exact) mass is 251 g/mol. The minimum atomic E-state index is -0.487. The Hall–Kier alpha value is -2.24. The summed E-state index contributed by atoms with van der Waals surface area (Å²) in [6, 6.07) is 8.56. The quantitative estimate of drug-likeness (QED) is 0.368. The third kappa shape index (κ3) is 3.97. The first-order chi connectivity index (χ1) is 8.54. The van der Waals surface area contributed by atoms with Gasteiger partial charge in [0.2, 0.25) is 0 Å². The number of amidine groups is 1. The topological polar surface area (TPSA) is 88.2 Å². The van der Waals surface area contributed by atoms with Crippen LogP contribution in [0.4, 0.5) is 4.79 Å². The molecule has 0 aliphatic rings. The van der Waals surface area contributed by atoms with Crippen molar-refractivity contribution in [3.05, 3.63) is 30.3 Å². The molecule has 0 aliphatic carbocycles. The highest BCUT2D eigenvalue weighted by molar-refractivity contribution is 5.81. The van der Waals surface area contributed by atoms with Crippen LogP contribution >= 0.6 is 0 Å². The van der Waals surface area contributed by atoms with Gasteiger partial charge in [0.05, 0.1) is 0 Å². The molecule has 0 fully saturated rings. The van der Waals surface area contributed by atoms with Gasteiger partial charge in [0.15, 0.2) is 0 Å². The van der Waals surface area contributed by atoms with Crippen molar-refractivity contribution in [3.8, 4) is 5.75 Å². The van der Waals surface area contributed by atoms with Gasteiger partial charge in [-0.2, -0.15) is 0 Å². The summed E-state index contributed by atoms with van der Waals surface area (Å²) in [4.78, 5) is 13.2. The molecule has 98 valence electrons. The highest BCUT2D eigenvalue weighted by Crippen LogP contribution is 2.11. The van der Waals surface area contributed by atoms with Crippen LogP contribution in [0.15, 0.2) is 35.5 Å². The predicted octanol–water partition coefficient (Wildman–Crippen LogP) is 1.64. The molecule has 6 nitrogen and oxygen atoms in total. The number of hydrogen-bond donors (Lipinski definition) is 2. The van der Waals surface area contributed by atoms with Gasteiger partial charge in [-0.15, -0.1) is 0 Å². The lowest BCUT2D eigenvalue weighted by Gasteiger charge is -2.23. The first-order valence-corrected chi connectivity index (χ1v) is 5.50. The molecule has 0 radical (unpaired) electrons. The molecule has 3 N–H and O–H groups in total. The molecule has 6 heteroatoms. The largest absolute Gasteiger partial charge is 0.415 e. The van der Waals surface area contributed by atoms with Crippen LogP contribution in [-0.4, -0.2) is 35.1 Å². The van der Waals surface area contributed by atoms with Crippen LogP contribution in [0, 0.1) is 0 Å². The summed E-state index contributed by atoms with van der Waals surface area (Å²) >= 11 is 0. The maximum Gasteiger partial charge on any atom is 0.415 e. The Labute approximate surface area is 106 Å². The summed E-state index contributed by atoms with van der Waals surface area (Å²) in [5, 5.41) is 11.3. The molecular weight excluding hydrogens is 234 g/mol. The number of para-hydroxylation sites is 1. The van der Waals surface area contributed by atoms with E-state index in [1.165, 1.54) is 4.90 Å². The summed E-state index contributed by atoms with van der Waals surface area (Å²) in [5.74, 6) is 0.548. The zero-order chi connectivity index (χ0) is 13.5. The summed E-state index contributed by atoms with van der Waals surface area (Å²) in [7, 11) is 1.60. The Bertz CT molecular complexity index is 420. The molecule has 1 atom stereocenters. The van der Waals surface area contributed by atoms with Gasteiger partial charge in [0, 0.05) is 19.5 Å². The zero-order valence-electron chi connectivity index (χ0n) is 10.4. The van der Waals surface area contributed by atoms with E-state index in [4.69, 9.17) is 15.7 Å². The molecule has 0 aliphatic heterocycles. The molecular formula is C12H17N3O3. The maximum atomic E-state index is 11.8. The lowest BCUT2D eigenvalue weighted by atomic mass is 10.2. The number of amides is 1. The summed E-state index contributed by atoms with van der Waals surface area (Å²) in [6.45, 7) is 1.78. The summed E-state index contributed by atoms with van der Waals surface area (Å²) in [5.41, 5.74) is 5.39. The Morgan fingerprint density at radius 3 is 2.67 bits per heavy atom. The third-order valence-electron chi connectivity index (χ3n) is 2.53. The van der Waals surface area contributed by atoms with E-state index in [9.17, 15) is 4.79 Å². The second kappa shape index (κ2) is 6.48. The summed E-state index contributed by atoms with van der Waals surface area (Å²) in [6.07, 6.45) is -0.212. The van der Waals surface area contributed by atoms with E-state index in [2.05, 4.69) is 5.16 Å². The van der Waals surface area contributed by atoms with Gasteiger partial charge < -0.3 is 20.6 Å². The standard InChI is InChI=1S/C12H17N3O3/c1-9(8-11(13)14-17)15(2)12(16)18-10-6-4-3-5-7-10/h3-7,9,17H,8H2,1-2H3,(H2,13,14). The molecule has 0 saturated carbocycles. The van der Waals surface area contributed by atoms with Gasteiger partial charge >= 0.3 is 6.09 Å². The first-order valence-electron chi connectivity index (χ1n) is 5.50. The molecule has 0 saturated heterocycles.